The number of aliphatic hydroxyl groups is 4. The average Bonchev–Trinajstić information content (AvgIpc) is 2.49. The Labute approximate surface area is 130 Å². The standard InChI is InChI=1S/C14H28N2O6/c1-13(2,7-17)9(19)11(21)15-5-6-16-12(22)10(20)14(3,4)8-18/h9-10,17-20H,5-8H2,1-4H3,(H,15,21)(H,16,22)/t9-,10-/m0/s1. The summed E-state index contributed by atoms with van der Waals surface area (Å²) < 4.78 is 0. The van der Waals surface area contributed by atoms with Gasteiger partial charge in [-0.05, 0) is 0 Å². The zero-order valence-corrected chi connectivity index (χ0v) is 13.6. The van der Waals surface area contributed by atoms with E-state index in [4.69, 9.17) is 10.2 Å². The number of carbonyl (C=O) groups excluding carboxylic acids is 2. The number of amides is 2. The van der Waals surface area contributed by atoms with E-state index in [1.165, 1.54) is 0 Å². The molecule has 8 nitrogen and oxygen atoms in total. The normalized spacial score (nSPS) is 15.1. The summed E-state index contributed by atoms with van der Waals surface area (Å²) in [6.07, 6.45) is -2.74. The first kappa shape index (κ1) is 20.8. The fraction of sp³-hybridized carbons (Fsp3) is 0.857. The Morgan fingerprint density at radius 3 is 1.32 bits per heavy atom. The van der Waals surface area contributed by atoms with E-state index in [0.29, 0.717) is 0 Å². The molecule has 0 aliphatic heterocycles. The number of hydrogen-bond acceptors (Lipinski definition) is 6. The van der Waals surface area contributed by atoms with Crippen molar-refractivity contribution >= 4 is 11.8 Å². The van der Waals surface area contributed by atoms with Crippen molar-refractivity contribution in [1.82, 2.24) is 10.6 Å². The van der Waals surface area contributed by atoms with E-state index in [9.17, 15) is 19.8 Å². The van der Waals surface area contributed by atoms with E-state index in [1.54, 1.807) is 27.7 Å². The van der Waals surface area contributed by atoms with Crippen molar-refractivity contribution in [2.75, 3.05) is 26.3 Å². The van der Waals surface area contributed by atoms with Crippen LogP contribution in [0.25, 0.3) is 0 Å². The van der Waals surface area contributed by atoms with Gasteiger partial charge in [0, 0.05) is 23.9 Å². The molecule has 0 aliphatic carbocycles. The highest BCUT2D eigenvalue weighted by molar-refractivity contribution is 5.82. The van der Waals surface area contributed by atoms with Gasteiger partial charge in [-0.15, -0.1) is 0 Å². The lowest BCUT2D eigenvalue weighted by Crippen LogP contribution is -2.49. The largest absolute Gasteiger partial charge is 0.396 e. The van der Waals surface area contributed by atoms with Crippen molar-refractivity contribution < 1.29 is 30.0 Å². The Hall–Kier alpha value is -1.22. The van der Waals surface area contributed by atoms with Crippen LogP contribution in [0.3, 0.4) is 0 Å². The van der Waals surface area contributed by atoms with Gasteiger partial charge in [0.25, 0.3) is 0 Å². The second kappa shape index (κ2) is 8.42. The smallest absolute Gasteiger partial charge is 0.249 e. The van der Waals surface area contributed by atoms with Crippen molar-refractivity contribution in [2.24, 2.45) is 10.8 Å². The monoisotopic (exact) mass is 320 g/mol. The van der Waals surface area contributed by atoms with Crippen LogP contribution in [0.4, 0.5) is 0 Å². The molecule has 2 atom stereocenters. The van der Waals surface area contributed by atoms with Crippen LogP contribution in [0.15, 0.2) is 0 Å². The number of carbonyl (C=O) groups is 2. The number of rotatable bonds is 9. The van der Waals surface area contributed by atoms with Crippen molar-refractivity contribution in [1.29, 1.82) is 0 Å². The molecule has 0 aromatic rings. The maximum absolute atomic E-state index is 11.7. The molecule has 0 saturated heterocycles. The maximum Gasteiger partial charge on any atom is 0.249 e. The molecule has 0 radical (unpaired) electrons. The minimum absolute atomic E-state index is 0.0649. The van der Waals surface area contributed by atoms with E-state index >= 15 is 0 Å². The van der Waals surface area contributed by atoms with E-state index < -0.39 is 34.9 Å². The van der Waals surface area contributed by atoms with Gasteiger partial charge in [-0.25, -0.2) is 0 Å². The first-order chi connectivity index (χ1) is 9.99. The van der Waals surface area contributed by atoms with Crippen LogP contribution in [-0.4, -0.2) is 70.8 Å². The third-order valence-corrected chi connectivity index (χ3v) is 3.52. The minimum atomic E-state index is -1.37. The van der Waals surface area contributed by atoms with Crippen molar-refractivity contribution in [3.63, 3.8) is 0 Å². The Morgan fingerprint density at radius 2 is 1.09 bits per heavy atom. The Bertz CT molecular complexity index is 348. The molecule has 0 spiro atoms. The van der Waals surface area contributed by atoms with Gasteiger partial charge in [-0.2, -0.15) is 0 Å². The summed E-state index contributed by atoms with van der Waals surface area (Å²) in [6.45, 7) is 5.63. The Morgan fingerprint density at radius 1 is 0.818 bits per heavy atom. The molecule has 0 fully saturated rings. The third-order valence-electron chi connectivity index (χ3n) is 3.52. The van der Waals surface area contributed by atoms with Gasteiger partial charge in [-0.1, -0.05) is 27.7 Å². The Balaban J connectivity index is 4.19. The molecule has 0 aromatic heterocycles. The van der Waals surface area contributed by atoms with Crippen molar-refractivity contribution in [2.45, 2.75) is 39.9 Å². The summed E-state index contributed by atoms with van der Waals surface area (Å²) in [4.78, 5) is 23.3. The summed E-state index contributed by atoms with van der Waals surface area (Å²) in [5, 5.41) is 42.5. The number of nitrogens with one attached hydrogen (secondary N) is 2. The molecule has 0 aromatic carbocycles. The van der Waals surface area contributed by atoms with E-state index in [1.807, 2.05) is 0 Å². The quantitative estimate of drug-likeness (QED) is 0.271. The van der Waals surface area contributed by atoms with Crippen LogP contribution in [0.2, 0.25) is 0 Å². The lowest BCUT2D eigenvalue weighted by Gasteiger charge is -2.28. The second-order valence-corrected chi connectivity index (χ2v) is 6.68. The molecule has 2 amide bonds. The van der Waals surface area contributed by atoms with Crippen LogP contribution < -0.4 is 10.6 Å². The SMILES string of the molecule is CC(C)(CO)[C@@H](O)C(=O)NCCNC(=O)[C@H](O)C(C)(C)CO. The van der Waals surface area contributed by atoms with Gasteiger partial charge in [0.2, 0.25) is 11.8 Å². The summed E-state index contributed by atoms with van der Waals surface area (Å²) in [5.41, 5.74) is -1.93. The summed E-state index contributed by atoms with van der Waals surface area (Å²) in [5.74, 6) is -1.30. The minimum Gasteiger partial charge on any atom is -0.396 e. The zero-order chi connectivity index (χ0) is 17.6. The predicted molar refractivity (Wildman–Crippen MR) is 79.8 cm³/mol. The fourth-order valence-electron chi connectivity index (χ4n) is 1.45. The molecule has 0 heterocycles. The van der Waals surface area contributed by atoms with Gasteiger partial charge in [-0.3, -0.25) is 9.59 Å². The highest BCUT2D eigenvalue weighted by atomic mass is 16.3. The van der Waals surface area contributed by atoms with E-state index in [-0.39, 0.29) is 26.3 Å². The molecule has 0 aliphatic rings. The van der Waals surface area contributed by atoms with Crippen LogP contribution in [0.1, 0.15) is 27.7 Å². The summed E-state index contributed by atoms with van der Waals surface area (Å²) in [7, 11) is 0. The average molecular weight is 320 g/mol. The topological polar surface area (TPSA) is 139 Å². The van der Waals surface area contributed by atoms with Crippen LogP contribution in [0.5, 0.6) is 0 Å². The molecule has 22 heavy (non-hydrogen) atoms. The van der Waals surface area contributed by atoms with Gasteiger partial charge >= 0.3 is 0 Å². The number of aliphatic hydroxyl groups excluding tert-OH is 4. The molecule has 0 saturated carbocycles. The first-order valence-electron chi connectivity index (χ1n) is 7.13. The van der Waals surface area contributed by atoms with Crippen LogP contribution in [-0.2, 0) is 9.59 Å². The lowest BCUT2D eigenvalue weighted by molar-refractivity contribution is -0.138. The highest BCUT2D eigenvalue weighted by Gasteiger charge is 2.34. The third kappa shape index (κ3) is 5.88. The lowest BCUT2D eigenvalue weighted by atomic mass is 9.87. The molecule has 6 N–H and O–H groups in total. The predicted octanol–water partition coefficient (Wildman–Crippen LogP) is -2.02. The Kier molecular flexibility index (Phi) is 7.96. The second-order valence-electron chi connectivity index (χ2n) is 6.68. The van der Waals surface area contributed by atoms with Gasteiger partial charge < -0.3 is 31.1 Å². The summed E-state index contributed by atoms with van der Waals surface area (Å²) in [6, 6.07) is 0. The van der Waals surface area contributed by atoms with Crippen molar-refractivity contribution in [3.8, 4) is 0 Å². The maximum atomic E-state index is 11.7. The molecular formula is C14H28N2O6. The molecule has 8 heteroatoms. The fourth-order valence-corrected chi connectivity index (χ4v) is 1.45. The molecule has 0 rings (SSSR count). The molecular weight excluding hydrogens is 292 g/mol. The van der Waals surface area contributed by atoms with Gasteiger partial charge in [0.05, 0.1) is 13.2 Å². The molecule has 0 unspecified atom stereocenters. The first-order valence-corrected chi connectivity index (χ1v) is 7.13. The zero-order valence-electron chi connectivity index (χ0n) is 13.6. The molecule has 130 valence electrons. The molecule has 0 bridgehead atoms. The van der Waals surface area contributed by atoms with Gasteiger partial charge in [0.1, 0.15) is 12.2 Å². The van der Waals surface area contributed by atoms with Crippen LogP contribution in [0, 0.1) is 10.8 Å². The van der Waals surface area contributed by atoms with E-state index in [0.717, 1.165) is 0 Å². The highest BCUT2D eigenvalue weighted by Crippen LogP contribution is 2.20. The van der Waals surface area contributed by atoms with Crippen molar-refractivity contribution in [3.05, 3.63) is 0 Å². The summed E-state index contributed by atoms with van der Waals surface area (Å²) >= 11 is 0. The van der Waals surface area contributed by atoms with E-state index in [2.05, 4.69) is 10.6 Å². The van der Waals surface area contributed by atoms with Crippen LogP contribution >= 0.6 is 0 Å². The number of hydrogen-bond donors (Lipinski definition) is 6. The van der Waals surface area contributed by atoms with Gasteiger partial charge in [0.15, 0.2) is 0 Å².